The molecule has 0 bridgehead atoms. The van der Waals surface area contributed by atoms with Gasteiger partial charge in [0.25, 0.3) is 0 Å². The summed E-state index contributed by atoms with van der Waals surface area (Å²) in [4.78, 5) is 36.1. The number of Topliss-reactive ketones (excluding diaryl/α,β-unsaturated/α-hetero) is 1. The molecule has 5 heteroatoms. The number of amides is 2. The van der Waals surface area contributed by atoms with Gasteiger partial charge in [-0.1, -0.05) is 6.42 Å². The van der Waals surface area contributed by atoms with Gasteiger partial charge >= 0.3 is 0 Å². The highest BCUT2D eigenvalue weighted by atomic mass is 16.2. The summed E-state index contributed by atoms with van der Waals surface area (Å²) >= 11 is 0. The van der Waals surface area contributed by atoms with Gasteiger partial charge in [0.15, 0.2) is 5.78 Å². The fourth-order valence-electron chi connectivity index (χ4n) is 3.23. The molecule has 1 saturated carbocycles. The zero-order valence-electron chi connectivity index (χ0n) is 9.62. The highest BCUT2D eigenvalue weighted by Crippen LogP contribution is 2.47. The number of ketones is 1. The van der Waals surface area contributed by atoms with E-state index in [1.54, 1.807) is 0 Å². The Bertz CT molecular complexity index is 395. The van der Waals surface area contributed by atoms with Crippen molar-refractivity contribution < 1.29 is 14.4 Å². The zero-order valence-corrected chi connectivity index (χ0v) is 9.62. The van der Waals surface area contributed by atoms with Gasteiger partial charge in [0, 0.05) is 0 Å². The summed E-state index contributed by atoms with van der Waals surface area (Å²) in [6.45, 7) is 1.55. The Morgan fingerprint density at radius 3 is 2.47 bits per heavy atom. The van der Waals surface area contributed by atoms with Crippen molar-refractivity contribution in [1.82, 2.24) is 10.6 Å². The predicted molar refractivity (Wildman–Crippen MR) is 58.9 cm³/mol. The molecule has 0 radical (unpaired) electrons. The minimum absolute atomic E-state index is 0.0630. The normalized spacial score (nSPS) is 35.9. The van der Waals surface area contributed by atoms with Crippen molar-refractivity contribution in [2.45, 2.75) is 25.7 Å². The topological polar surface area (TPSA) is 75.3 Å². The van der Waals surface area contributed by atoms with Crippen LogP contribution in [0.15, 0.2) is 0 Å². The van der Waals surface area contributed by atoms with Gasteiger partial charge < -0.3 is 5.32 Å². The third-order valence-corrected chi connectivity index (χ3v) is 4.48. The van der Waals surface area contributed by atoms with Crippen LogP contribution in [0, 0.1) is 17.3 Å². The zero-order chi connectivity index (χ0) is 12.0. The molecule has 92 valence electrons. The molecule has 2 N–H and O–H groups in total. The van der Waals surface area contributed by atoms with Crippen molar-refractivity contribution in [2.24, 2.45) is 17.3 Å². The third-order valence-electron chi connectivity index (χ3n) is 4.48. The SMILES string of the molecule is O=C1NC(=O)C2(CCC2)C(=O)C1C1CCNC1. The third kappa shape index (κ3) is 1.38. The van der Waals surface area contributed by atoms with Crippen molar-refractivity contribution in [3.63, 3.8) is 0 Å². The van der Waals surface area contributed by atoms with E-state index >= 15 is 0 Å². The molecule has 2 aliphatic heterocycles. The van der Waals surface area contributed by atoms with Crippen LogP contribution in [-0.2, 0) is 14.4 Å². The van der Waals surface area contributed by atoms with Gasteiger partial charge in [-0.05, 0) is 38.3 Å². The fourth-order valence-corrected chi connectivity index (χ4v) is 3.23. The highest BCUT2D eigenvalue weighted by Gasteiger charge is 2.59. The molecular weight excluding hydrogens is 220 g/mol. The van der Waals surface area contributed by atoms with Crippen LogP contribution in [0.5, 0.6) is 0 Å². The van der Waals surface area contributed by atoms with Gasteiger partial charge in [0.2, 0.25) is 11.8 Å². The smallest absolute Gasteiger partial charge is 0.240 e. The molecule has 5 nitrogen and oxygen atoms in total. The van der Waals surface area contributed by atoms with Crippen LogP contribution in [0.25, 0.3) is 0 Å². The Hall–Kier alpha value is -1.23. The van der Waals surface area contributed by atoms with Gasteiger partial charge in [-0.15, -0.1) is 0 Å². The molecule has 2 atom stereocenters. The van der Waals surface area contributed by atoms with Crippen molar-refractivity contribution in [3.05, 3.63) is 0 Å². The van der Waals surface area contributed by atoms with Gasteiger partial charge in [-0.25, -0.2) is 0 Å². The van der Waals surface area contributed by atoms with Crippen LogP contribution in [0.2, 0.25) is 0 Å². The fraction of sp³-hybridized carbons (Fsp3) is 0.750. The second-order valence-corrected chi connectivity index (χ2v) is 5.35. The van der Waals surface area contributed by atoms with Crippen molar-refractivity contribution in [1.29, 1.82) is 0 Å². The van der Waals surface area contributed by atoms with Crippen LogP contribution in [0.3, 0.4) is 0 Å². The van der Waals surface area contributed by atoms with Crippen LogP contribution in [0.4, 0.5) is 0 Å². The minimum atomic E-state index is -0.860. The van der Waals surface area contributed by atoms with Crippen LogP contribution in [-0.4, -0.2) is 30.7 Å². The molecule has 1 aliphatic carbocycles. The lowest BCUT2D eigenvalue weighted by Gasteiger charge is -2.44. The summed E-state index contributed by atoms with van der Waals surface area (Å²) in [5, 5.41) is 5.57. The maximum Gasteiger partial charge on any atom is 0.240 e. The Morgan fingerprint density at radius 2 is 1.94 bits per heavy atom. The number of imide groups is 1. The first kappa shape index (κ1) is 10.9. The summed E-state index contributed by atoms with van der Waals surface area (Å²) in [6.07, 6.45) is 2.97. The average molecular weight is 236 g/mol. The molecule has 3 rings (SSSR count). The highest BCUT2D eigenvalue weighted by molar-refractivity contribution is 6.23. The first-order chi connectivity index (χ1) is 8.15. The van der Waals surface area contributed by atoms with E-state index in [1.807, 2.05) is 0 Å². The maximum absolute atomic E-state index is 12.4. The quantitative estimate of drug-likeness (QED) is 0.480. The molecule has 2 heterocycles. The minimum Gasteiger partial charge on any atom is -0.316 e. The molecule has 17 heavy (non-hydrogen) atoms. The molecule has 3 fully saturated rings. The largest absolute Gasteiger partial charge is 0.316 e. The first-order valence-corrected chi connectivity index (χ1v) is 6.25. The maximum atomic E-state index is 12.4. The molecule has 2 saturated heterocycles. The van der Waals surface area contributed by atoms with Crippen molar-refractivity contribution in [2.75, 3.05) is 13.1 Å². The summed E-state index contributed by atoms with van der Waals surface area (Å²) in [5.74, 6) is -1.41. The molecule has 1 spiro atoms. The second kappa shape index (κ2) is 3.63. The van der Waals surface area contributed by atoms with E-state index in [1.165, 1.54) is 0 Å². The molecule has 0 aromatic carbocycles. The van der Waals surface area contributed by atoms with E-state index < -0.39 is 11.3 Å². The molecular formula is C12H16N2O3. The average Bonchev–Trinajstić information content (AvgIpc) is 2.67. The van der Waals surface area contributed by atoms with Gasteiger partial charge in [-0.2, -0.15) is 0 Å². The predicted octanol–water partition coefficient (Wildman–Crippen LogP) is -0.392. The monoisotopic (exact) mass is 236 g/mol. The van der Waals surface area contributed by atoms with E-state index in [-0.39, 0.29) is 23.5 Å². The van der Waals surface area contributed by atoms with Crippen molar-refractivity contribution >= 4 is 17.6 Å². The standard InChI is InChI=1S/C12H16N2O3/c15-9-8(7-2-5-13-6-7)10(16)14-11(17)12(9)3-1-4-12/h7-8,13H,1-6H2,(H,14,16,17). The number of hydrogen-bond acceptors (Lipinski definition) is 4. The number of carbonyl (C=O) groups is 3. The molecule has 0 aromatic rings. The number of rotatable bonds is 1. The summed E-state index contributed by atoms with van der Waals surface area (Å²) < 4.78 is 0. The van der Waals surface area contributed by atoms with E-state index in [4.69, 9.17) is 0 Å². The lowest BCUT2D eigenvalue weighted by atomic mass is 9.59. The Kier molecular flexibility index (Phi) is 2.33. The number of hydrogen-bond donors (Lipinski definition) is 2. The lowest BCUT2D eigenvalue weighted by Crippen LogP contribution is -2.63. The Balaban J connectivity index is 1.90. The van der Waals surface area contributed by atoms with E-state index in [0.29, 0.717) is 19.4 Å². The summed E-state index contributed by atoms with van der Waals surface area (Å²) in [6, 6.07) is 0. The van der Waals surface area contributed by atoms with Gasteiger partial charge in [0.1, 0.15) is 11.3 Å². The number of nitrogens with one attached hydrogen (secondary N) is 2. The molecule has 2 unspecified atom stereocenters. The van der Waals surface area contributed by atoms with Crippen LogP contribution >= 0.6 is 0 Å². The number of carbonyl (C=O) groups excluding carboxylic acids is 3. The van der Waals surface area contributed by atoms with Crippen LogP contribution < -0.4 is 10.6 Å². The first-order valence-electron chi connectivity index (χ1n) is 6.25. The summed E-state index contributed by atoms with van der Waals surface area (Å²) in [7, 11) is 0. The van der Waals surface area contributed by atoms with Crippen molar-refractivity contribution in [3.8, 4) is 0 Å². The molecule has 0 aromatic heterocycles. The molecule has 2 amide bonds. The Morgan fingerprint density at radius 1 is 1.18 bits per heavy atom. The van der Waals surface area contributed by atoms with Gasteiger partial charge in [-0.3, -0.25) is 19.7 Å². The second-order valence-electron chi connectivity index (χ2n) is 5.35. The Labute approximate surface area is 99.3 Å². The lowest BCUT2D eigenvalue weighted by molar-refractivity contribution is -0.161. The van der Waals surface area contributed by atoms with E-state index in [9.17, 15) is 14.4 Å². The van der Waals surface area contributed by atoms with E-state index in [0.717, 1.165) is 19.4 Å². The van der Waals surface area contributed by atoms with E-state index in [2.05, 4.69) is 10.6 Å². The van der Waals surface area contributed by atoms with Crippen LogP contribution in [0.1, 0.15) is 25.7 Å². The molecule has 3 aliphatic rings. The summed E-state index contributed by atoms with van der Waals surface area (Å²) in [5.41, 5.74) is -0.860. The van der Waals surface area contributed by atoms with Gasteiger partial charge in [0.05, 0.1) is 0 Å². The number of piperidine rings is 1.